The van der Waals surface area contributed by atoms with Crippen molar-refractivity contribution in [1.29, 1.82) is 0 Å². The summed E-state index contributed by atoms with van der Waals surface area (Å²) in [5.74, 6) is -0.498. The number of aromatic nitrogens is 2. The van der Waals surface area contributed by atoms with Crippen LogP contribution in [0.3, 0.4) is 0 Å². The molecule has 0 bridgehead atoms. The topological polar surface area (TPSA) is 77.7 Å². The van der Waals surface area contributed by atoms with Gasteiger partial charge in [-0.25, -0.2) is 9.07 Å². The van der Waals surface area contributed by atoms with E-state index in [0.717, 1.165) is 0 Å². The second kappa shape index (κ2) is 9.00. The van der Waals surface area contributed by atoms with E-state index in [1.165, 1.54) is 31.0 Å². The smallest absolute Gasteiger partial charge is 0.273 e. The van der Waals surface area contributed by atoms with Gasteiger partial charge in [-0.15, -0.1) is 5.10 Å². The predicted octanol–water partition coefficient (Wildman–Crippen LogP) is 2.74. The molecular weight excluding hydrogens is 363 g/mol. The van der Waals surface area contributed by atoms with Crippen LogP contribution in [0.15, 0.2) is 47.3 Å². The largest absolute Gasteiger partial charge is 0.472 e. The van der Waals surface area contributed by atoms with Crippen LogP contribution in [-0.2, 0) is 9.63 Å². The van der Waals surface area contributed by atoms with E-state index >= 15 is 0 Å². The summed E-state index contributed by atoms with van der Waals surface area (Å²) in [4.78, 5) is 16.4. The zero-order valence-electron chi connectivity index (χ0n) is 14.5. The van der Waals surface area contributed by atoms with E-state index in [2.05, 4.69) is 20.4 Å². The molecule has 0 radical (unpaired) electrons. The lowest BCUT2D eigenvalue weighted by atomic mass is 10.1. The number of halogens is 2. The molecule has 2 aromatic rings. The van der Waals surface area contributed by atoms with Gasteiger partial charge in [0.25, 0.3) is 5.91 Å². The van der Waals surface area contributed by atoms with Gasteiger partial charge in [0.05, 0.1) is 10.7 Å². The summed E-state index contributed by atoms with van der Waals surface area (Å²) in [6, 6.07) is 5.94. The average molecular weight is 381 g/mol. The van der Waals surface area contributed by atoms with Gasteiger partial charge in [0.1, 0.15) is 19.5 Å². The Kier molecular flexibility index (Phi) is 6.74. The Labute approximate surface area is 155 Å². The molecule has 0 fully saturated rings. The molecule has 0 aliphatic heterocycles. The number of ether oxygens (including phenoxy) is 1. The molecule has 0 unspecified atom stereocenters. The molecule has 0 spiro atoms. The Morgan fingerprint density at radius 2 is 2.23 bits per heavy atom. The van der Waals surface area contributed by atoms with Crippen LogP contribution in [0.25, 0.3) is 5.69 Å². The molecule has 2 rings (SSSR count). The molecule has 26 heavy (non-hydrogen) atoms. The van der Waals surface area contributed by atoms with E-state index in [1.54, 1.807) is 31.3 Å². The van der Waals surface area contributed by atoms with E-state index in [9.17, 15) is 9.18 Å². The summed E-state index contributed by atoms with van der Waals surface area (Å²) in [6.45, 7) is 1.89. The number of rotatable bonds is 7. The molecule has 0 aliphatic carbocycles. The van der Waals surface area contributed by atoms with Crippen molar-refractivity contribution < 1.29 is 18.8 Å². The number of benzene rings is 1. The van der Waals surface area contributed by atoms with Crippen molar-refractivity contribution in [2.75, 3.05) is 20.8 Å². The van der Waals surface area contributed by atoms with Crippen LogP contribution in [0.5, 0.6) is 5.88 Å². The SMILES string of the molecule is CNC(=O)C(=N/OC)/C(C)=C\COc1ccn(-c2ccc(F)c(Cl)c2)n1. The van der Waals surface area contributed by atoms with Crippen molar-refractivity contribution in [1.82, 2.24) is 15.1 Å². The molecule has 7 nitrogen and oxygen atoms in total. The molecule has 1 amide bonds. The highest BCUT2D eigenvalue weighted by Gasteiger charge is 2.12. The second-order valence-corrected chi connectivity index (χ2v) is 5.50. The maximum Gasteiger partial charge on any atom is 0.273 e. The molecule has 0 aliphatic rings. The lowest BCUT2D eigenvalue weighted by Crippen LogP contribution is -2.28. The maximum absolute atomic E-state index is 13.2. The number of hydrogen-bond acceptors (Lipinski definition) is 5. The highest BCUT2D eigenvalue weighted by Crippen LogP contribution is 2.19. The predicted molar refractivity (Wildman–Crippen MR) is 96.3 cm³/mol. The minimum absolute atomic E-state index is 0.0122. The van der Waals surface area contributed by atoms with Crippen LogP contribution in [-0.4, -0.2) is 42.2 Å². The zero-order valence-corrected chi connectivity index (χ0v) is 15.2. The van der Waals surface area contributed by atoms with Crippen molar-refractivity contribution in [3.05, 3.63) is 53.0 Å². The van der Waals surface area contributed by atoms with Crippen LogP contribution in [0.2, 0.25) is 5.02 Å². The van der Waals surface area contributed by atoms with Crippen LogP contribution in [0, 0.1) is 5.82 Å². The van der Waals surface area contributed by atoms with Crippen molar-refractivity contribution in [2.24, 2.45) is 5.16 Å². The quantitative estimate of drug-likeness (QED) is 0.591. The summed E-state index contributed by atoms with van der Waals surface area (Å²) in [5.41, 5.74) is 1.35. The summed E-state index contributed by atoms with van der Waals surface area (Å²) in [5, 5.41) is 10.4. The van der Waals surface area contributed by atoms with Gasteiger partial charge in [-0.05, 0) is 36.8 Å². The van der Waals surface area contributed by atoms with E-state index in [1.807, 2.05) is 0 Å². The molecule has 0 saturated heterocycles. The third-order valence-electron chi connectivity index (χ3n) is 3.35. The van der Waals surface area contributed by atoms with Crippen molar-refractivity contribution in [2.45, 2.75) is 6.92 Å². The molecular formula is C17H18ClFN4O3. The van der Waals surface area contributed by atoms with Crippen molar-refractivity contribution >= 4 is 23.2 Å². The van der Waals surface area contributed by atoms with Gasteiger partial charge in [0.15, 0.2) is 5.71 Å². The fourth-order valence-electron chi connectivity index (χ4n) is 2.01. The van der Waals surface area contributed by atoms with Crippen molar-refractivity contribution in [3.8, 4) is 11.6 Å². The van der Waals surface area contributed by atoms with Crippen molar-refractivity contribution in [3.63, 3.8) is 0 Å². The first kappa shape index (κ1) is 19.5. The standard InChI is InChI=1S/C17H18ClFN4O3/c1-11(16(22-25-3)17(24)20-2)7-9-26-15-6-8-23(21-15)12-4-5-14(19)13(18)10-12/h4-8,10H,9H2,1-3H3,(H,20,24)/b11-7-,22-16+. The lowest BCUT2D eigenvalue weighted by molar-refractivity contribution is -0.114. The molecule has 1 aromatic heterocycles. The fraction of sp³-hybridized carbons (Fsp3) is 0.235. The minimum atomic E-state index is -0.496. The van der Waals surface area contributed by atoms with E-state index in [0.29, 0.717) is 17.1 Å². The molecule has 138 valence electrons. The number of carbonyl (C=O) groups is 1. The van der Waals surface area contributed by atoms with Crippen LogP contribution >= 0.6 is 11.6 Å². The van der Waals surface area contributed by atoms with E-state index in [4.69, 9.17) is 16.3 Å². The lowest BCUT2D eigenvalue weighted by Gasteiger charge is -2.05. The summed E-state index contributed by atoms with van der Waals surface area (Å²) in [7, 11) is 2.87. The minimum Gasteiger partial charge on any atom is -0.472 e. The third kappa shape index (κ3) is 4.82. The van der Waals surface area contributed by atoms with Crippen LogP contribution in [0.1, 0.15) is 6.92 Å². The summed E-state index contributed by atoms with van der Waals surface area (Å²) in [6.07, 6.45) is 3.35. The Bertz CT molecular complexity index is 848. The first-order chi connectivity index (χ1) is 12.5. The van der Waals surface area contributed by atoms with Gasteiger partial charge < -0.3 is 14.9 Å². The number of nitrogens with one attached hydrogen (secondary N) is 1. The third-order valence-corrected chi connectivity index (χ3v) is 3.64. The Morgan fingerprint density at radius 3 is 2.88 bits per heavy atom. The average Bonchev–Trinajstić information content (AvgIpc) is 3.10. The number of oxime groups is 1. The van der Waals surface area contributed by atoms with Crippen LogP contribution in [0.4, 0.5) is 4.39 Å². The number of amides is 1. The molecule has 0 saturated carbocycles. The Morgan fingerprint density at radius 1 is 1.46 bits per heavy atom. The van der Waals surface area contributed by atoms with Gasteiger partial charge in [-0.2, -0.15) is 0 Å². The monoisotopic (exact) mass is 380 g/mol. The summed E-state index contributed by atoms with van der Waals surface area (Å²) >= 11 is 5.77. The van der Waals surface area contributed by atoms with Gasteiger partial charge in [-0.1, -0.05) is 16.8 Å². The molecule has 1 heterocycles. The van der Waals surface area contributed by atoms with E-state index < -0.39 is 5.82 Å². The second-order valence-electron chi connectivity index (χ2n) is 5.10. The normalized spacial score (nSPS) is 12.0. The van der Waals surface area contributed by atoms with Crippen LogP contribution < -0.4 is 10.1 Å². The number of carbonyl (C=O) groups excluding carboxylic acids is 1. The molecule has 1 N–H and O–H groups in total. The highest BCUT2D eigenvalue weighted by molar-refractivity contribution is 6.44. The first-order valence-corrected chi connectivity index (χ1v) is 7.98. The number of hydrogen-bond donors (Lipinski definition) is 1. The molecule has 0 atom stereocenters. The first-order valence-electron chi connectivity index (χ1n) is 7.60. The number of nitrogens with zero attached hydrogens (tertiary/aromatic N) is 3. The summed E-state index contributed by atoms with van der Waals surface area (Å²) < 4.78 is 20.3. The zero-order chi connectivity index (χ0) is 19.1. The molecule has 1 aromatic carbocycles. The van der Waals surface area contributed by atoms with Gasteiger partial charge in [0.2, 0.25) is 5.88 Å². The Hall–Kier alpha value is -2.87. The van der Waals surface area contributed by atoms with E-state index in [-0.39, 0.29) is 23.2 Å². The fourth-order valence-corrected chi connectivity index (χ4v) is 2.18. The van der Waals surface area contributed by atoms with Gasteiger partial charge in [-0.3, -0.25) is 4.79 Å². The van der Waals surface area contributed by atoms with Gasteiger partial charge in [0, 0.05) is 19.3 Å². The molecule has 9 heteroatoms. The highest BCUT2D eigenvalue weighted by atomic mass is 35.5. The Balaban J connectivity index is 2.04. The maximum atomic E-state index is 13.2. The van der Waals surface area contributed by atoms with Gasteiger partial charge >= 0.3 is 0 Å².